The van der Waals surface area contributed by atoms with Gasteiger partial charge in [-0.15, -0.1) is 0 Å². The minimum Gasteiger partial charge on any atom is -0.449 e. The van der Waals surface area contributed by atoms with E-state index in [0.29, 0.717) is 10.0 Å². The van der Waals surface area contributed by atoms with Crippen LogP contribution in [0.4, 0.5) is 12.9 Å². The van der Waals surface area contributed by atoms with Crippen LogP contribution in [0.2, 0.25) is 15.4 Å². The minimum atomic E-state index is -4.73. The summed E-state index contributed by atoms with van der Waals surface area (Å²) in [5.41, 5.74) is 0.424. The molecule has 3 aliphatic rings. The van der Waals surface area contributed by atoms with E-state index in [0.717, 1.165) is 5.56 Å². The van der Waals surface area contributed by atoms with E-state index >= 15 is 0 Å². The largest absolute Gasteiger partial charge is 1.00 e. The molecule has 3 fully saturated rings. The fourth-order valence-corrected chi connectivity index (χ4v) is 3.89. The summed E-state index contributed by atoms with van der Waals surface area (Å²) in [5, 5.41) is -0.330. The Bertz CT molecular complexity index is 484. The maximum atomic E-state index is 12.8. The van der Waals surface area contributed by atoms with Gasteiger partial charge in [0.05, 0.1) is 0 Å². The molecule has 0 nitrogen and oxygen atoms in total. The Morgan fingerprint density at radius 3 is 2.11 bits per heavy atom. The van der Waals surface area contributed by atoms with E-state index in [1.54, 1.807) is 18.2 Å². The van der Waals surface area contributed by atoms with Crippen LogP contribution >= 0.6 is 23.2 Å². The Balaban J connectivity index is 0.00000120. The van der Waals surface area contributed by atoms with Crippen LogP contribution in [0.15, 0.2) is 18.2 Å². The van der Waals surface area contributed by atoms with Gasteiger partial charge in [-0.2, -0.15) is 0 Å². The van der Waals surface area contributed by atoms with Gasteiger partial charge in [0.25, 0.3) is 0 Å². The van der Waals surface area contributed by atoms with Crippen LogP contribution in [-0.2, 0) is 5.41 Å². The average Bonchev–Trinajstić information content (AvgIpc) is 2.03. The molecule has 0 aliphatic heterocycles. The molecular formula is C11H9BCl2F3K. The second-order valence-electron chi connectivity index (χ2n) is 5.37. The van der Waals surface area contributed by atoms with E-state index < -0.39 is 12.3 Å². The van der Waals surface area contributed by atoms with E-state index in [1.165, 1.54) is 0 Å². The molecule has 1 aromatic rings. The number of hydrogen-bond donors (Lipinski definition) is 0. The van der Waals surface area contributed by atoms with Crippen molar-refractivity contribution in [3.05, 3.63) is 33.8 Å². The molecule has 18 heavy (non-hydrogen) atoms. The molecule has 0 spiro atoms. The van der Waals surface area contributed by atoms with Crippen LogP contribution in [0, 0.1) is 0 Å². The SMILES string of the molecule is F[B-](F)(F)C12CC(c3cc(Cl)ccc3Cl)(C1)C2.[K+]. The molecule has 0 amide bonds. The topological polar surface area (TPSA) is 0 Å². The van der Waals surface area contributed by atoms with E-state index in [2.05, 4.69) is 0 Å². The quantitative estimate of drug-likeness (QED) is 0.732. The standard InChI is InChI=1S/C11H9BCl2F3.K/c13-7-1-2-9(14)8(3-7)10-4-11(5-10,6-10)12(15,16)17;/h1-3H,4-6H2;/q-1;+1. The van der Waals surface area contributed by atoms with Gasteiger partial charge >= 0.3 is 58.4 Å². The minimum absolute atomic E-state index is 0. The summed E-state index contributed by atoms with van der Waals surface area (Å²) in [7, 11) is 0. The fourth-order valence-electron chi connectivity index (χ4n) is 3.40. The first-order valence-electron chi connectivity index (χ1n) is 5.43. The molecule has 0 unspecified atom stereocenters. The van der Waals surface area contributed by atoms with Crippen molar-refractivity contribution < 1.29 is 64.3 Å². The molecule has 0 saturated heterocycles. The number of rotatable bonds is 2. The zero-order valence-electron chi connectivity index (χ0n) is 9.82. The maximum absolute atomic E-state index is 12.8. The van der Waals surface area contributed by atoms with Crippen LogP contribution in [-0.4, -0.2) is 6.98 Å². The Kier molecular flexibility index (Phi) is 4.05. The molecular weight excluding hydrogens is 310 g/mol. The Labute approximate surface area is 156 Å². The van der Waals surface area contributed by atoms with Crippen LogP contribution in [0.5, 0.6) is 0 Å². The summed E-state index contributed by atoms with van der Waals surface area (Å²) < 4.78 is 38.4. The van der Waals surface area contributed by atoms with Gasteiger partial charge in [-0.05, 0) is 29.2 Å². The second-order valence-corrected chi connectivity index (χ2v) is 6.22. The molecule has 4 rings (SSSR count). The predicted octanol–water partition coefficient (Wildman–Crippen LogP) is 2.02. The summed E-state index contributed by atoms with van der Waals surface area (Å²) in [4.78, 5) is 0. The molecule has 0 aromatic heterocycles. The smallest absolute Gasteiger partial charge is 0.449 e. The third kappa shape index (κ3) is 2.05. The average molecular weight is 319 g/mol. The van der Waals surface area contributed by atoms with Crippen molar-refractivity contribution >= 4 is 30.2 Å². The zero-order chi connectivity index (χ0) is 12.5. The van der Waals surface area contributed by atoms with Gasteiger partial charge in [-0.1, -0.05) is 47.8 Å². The monoisotopic (exact) mass is 318 g/mol. The second kappa shape index (κ2) is 4.65. The van der Waals surface area contributed by atoms with E-state index in [9.17, 15) is 12.9 Å². The molecule has 0 N–H and O–H groups in total. The van der Waals surface area contributed by atoms with Gasteiger partial charge in [0, 0.05) is 10.0 Å². The molecule has 3 saturated carbocycles. The van der Waals surface area contributed by atoms with E-state index in [1.807, 2.05) is 0 Å². The molecule has 7 heteroatoms. The summed E-state index contributed by atoms with van der Waals surface area (Å²) in [6.07, 6.45) is 0.552. The van der Waals surface area contributed by atoms with Crippen molar-refractivity contribution in [1.29, 1.82) is 0 Å². The molecule has 0 heterocycles. The van der Waals surface area contributed by atoms with Crippen LogP contribution in [0.25, 0.3) is 0 Å². The van der Waals surface area contributed by atoms with Gasteiger partial charge in [-0.3, -0.25) is 0 Å². The van der Waals surface area contributed by atoms with Crippen LogP contribution in [0.3, 0.4) is 0 Å². The van der Waals surface area contributed by atoms with E-state index in [-0.39, 0.29) is 76.1 Å². The first kappa shape index (κ1) is 15.7. The summed E-state index contributed by atoms with van der Waals surface area (Å²) in [6.45, 7) is -4.73. The van der Waals surface area contributed by atoms with Crippen molar-refractivity contribution in [1.82, 2.24) is 0 Å². The summed E-state index contributed by atoms with van der Waals surface area (Å²) in [5.74, 6) is 0. The van der Waals surface area contributed by atoms with Gasteiger partial charge in [0.1, 0.15) is 0 Å². The van der Waals surface area contributed by atoms with Crippen molar-refractivity contribution in [2.45, 2.75) is 30.0 Å². The van der Waals surface area contributed by atoms with Crippen LogP contribution < -0.4 is 51.4 Å². The summed E-state index contributed by atoms with van der Waals surface area (Å²) in [6, 6.07) is 5.02. The van der Waals surface area contributed by atoms with E-state index in [4.69, 9.17) is 23.2 Å². The fraction of sp³-hybridized carbons (Fsp3) is 0.455. The molecule has 0 atom stereocenters. The van der Waals surface area contributed by atoms with Crippen molar-refractivity contribution in [2.75, 3.05) is 0 Å². The molecule has 2 bridgehead atoms. The molecule has 1 aromatic carbocycles. The first-order chi connectivity index (χ1) is 7.78. The zero-order valence-corrected chi connectivity index (χ0v) is 14.5. The van der Waals surface area contributed by atoms with Gasteiger partial charge in [0.15, 0.2) is 0 Å². The molecule has 92 valence electrons. The van der Waals surface area contributed by atoms with Crippen LogP contribution in [0.1, 0.15) is 24.8 Å². The first-order valence-corrected chi connectivity index (χ1v) is 6.19. The Morgan fingerprint density at radius 2 is 1.61 bits per heavy atom. The third-order valence-corrected chi connectivity index (χ3v) is 4.83. The normalized spacial score (nSPS) is 33.2. The number of halogens is 5. The number of benzene rings is 1. The van der Waals surface area contributed by atoms with Gasteiger partial charge in [-0.25, -0.2) is 0 Å². The van der Waals surface area contributed by atoms with Gasteiger partial charge < -0.3 is 12.9 Å². The maximum Gasteiger partial charge on any atom is 1.00 e. The molecule has 0 radical (unpaired) electrons. The van der Waals surface area contributed by atoms with Crippen molar-refractivity contribution in [3.63, 3.8) is 0 Å². The molecule has 3 aliphatic carbocycles. The predicted molar refractivity (Wildman–Crippen MR) is 63.8 cm³/mol. The van der Waals surface area contributed by atoms with Crippen molar-refractivity contribution in [2.24, 2.45) is 0 Å². The summed E-state index contributed by atoms with van der Waals surface area (Å²) >= 11 is 11.9. The Morgan fingerprint density at radius 1 is 1.06 bits per heavy atom. The van der Waals surface area contributed by atoms with Crippen molar-refractivity contribution in [3.8, 4) is 0 Å². The Hall–Kier alpha value is 1.29. The third-order valence-electron chi connectivity index (χ3n) is 4.27. The number of hydrogen-bond acceptors (Lipinski definition) is 0. The van der Waals surface area contributed by atoms with Gasteiger partial charge in [0.2, 0.25) is 0 Å².